The first-order chi connectivity index (χ1) is 7.29. The lowest BCUT2D eigenvalue weighted by Gasteiger charge is -2.58. The fourth-order valence-electron chi connectivity index (χ4n) is 5.76. The molecule has 0 aromatic heterocycles. The van der Waals surface area contributed by atoms with E-state index in [1.807, 2.05) is 0 Å². The molecular formula is C14H23N. The molecule has 0 aromatic rings. The molecule has 0 heterocycles. The Morgan fingerprint density at radius 1 is 0.600 bits per heavy atom. The van der Waals surface area contributed by atoms with Crippen LogP contribution in [0.4, 0.5) is 0 Å². The van der Waals surface area contributed by atoms with Crippen molar-refractivity contribution >= 4 is 0 Å². The van der Waals surface area contributed by atoms with Gasteiger partial charge in [-0.1, -0.05) is 0 Å². The first-order valence-electron chi connectivity index (χ1n) is 7.05. The van der Waals surface area contributed by atoms with Gasteiger partial charge in [0.2, 0.25) is 0 Å². The summed E-state index contributed by atoms with van der Waals surface area (Å²) in [6.45, 7) is 0. The maximum absolute atomic E-state index is 5.96. The molecule has 0 atom stereocenters. The van der Waals surface area contributed by atoms with Crippen molar-refractivity contribution < 1.29 is 0 Å². The van der Waals surface area contributed by atoms with Crippen molar-refractivity contribution in [1.29, 1.82) is 0 Å². The molecule has 0 amide bonds. The molecule has 0 spiro atoms. The van der Waals surface area contributed by atoms with Gasteiger partial charge in [-0.25, -0.2) is 0 Å². The molecule has 1 nitrogen and oxygen atoms in total. The molecule has 2 N–H and O–H groups in total. The SMILES string of the molecule is NC1CC(C2C3CC4CC(C3)CC2C4)C1. The van der Waals surface area contributed by atoms with E-state index in [1.54, 1.807) is 32.1 Å². The Bertz CT molecular complexity index is 239. The standard InChI is InChI=1S/C14H23N/c15-13-6-12(7-13)14-10-2-8-1-9(4-10)5-11(14)3-8/h8-14H,1-7,15H2. The lowest BCUT2D eigenvalue weighted by atomic mass is 9.47. The zero-order valence-corrected chi connectivity index (χ0v) is 9.57. The van der Waals surface area contributed by atoms with Crippen LogP contribution in [0.25, 0.3) is 0 Å². The molecule has 0 aliphatic heterocycles. The summed E-state index contributed by atoms with van der Waals surface area (Å²) in [5.41, 5.74) is 5.96. The zero-order chi connectivity index (χ0) is 9.99. The van der Waals surface area contributed by atoms with E-state index in [4.69, 9.17) is 5.73 Å². The van der Waals surface area contributed by atoms with Gasteiger partial charge < -0.3 is 5.73 Å². The molecule has 0 radical (unpaired) electrons. The van der Waals surface area contributed by atoms with Crippen LogP contribution in [0.3, 0.4) is 0 Å². The van der Waals surface area contributed by atoms with Gasteiger partial charge in [0.1, 0.15) is 0 Å². The monoisotopic (exact) mass is 205 g/mol. The highest BCUT2D eigenvalue weighted by molar-refractivity contribution is 5.02. The van der Waals surface area contributed by atoms with Crippen molar-refractivity contribution in [2.75, 3.05) is 0 Å². The van der Waals surface area contributed by atoms with Gasteiger partial charge in [0, 0.05) is 6.04 Å². The van der Waals surface area contributed by atoms with E-state index >= 15 is 0 Å². The van der Waals surface area contributed by atoms with Crippen LogP contribution in [-0.2, 0) is 0 Å². The van der Waals surface area contributed by atoms with Crippen molar-refractivity contribution in [3.05, 3.63) is 0 Å². The maximum atomic E-state index is 5.96. The Morgan fingerprint density at radius 2 is 1.07 bits per heavy atom. The highest BCUT2D eigenvalue weighted by Crippen LogP contribution is 2.60. The number of nitrogens with two attached hydrogens (primary N) is 1. The van der Waals surface area contributed by atoms with Crippen molar-refractivity contribution in [1.82, 2.24) is 0 Å². The minimum absolute atomic E-state index is 0.562. The van der Waals surface area contributed by atoms with E-state index in [-0.39, 0.29) is 0 Å². The number of hydrogen-bond acceptors (Lipinski definition) is 1. The highest BCUT2D eigenvalue weighted by Gasteiger charge is 2.52. The zero-order valence-electron chi connectivity index (χ0n) is 9.57. The van der Waals surface area contributed by atoms with Gasteiger partial charge in [0.15, 0.2) is 0 Å². The molecule has 5 saturated carbocycles. The van der Waals surface area contributed by atoms with Crippen LogP contribution in [0.15, 0.2) is 0 Å². The van der Waals surface area contributed by atoms with Crippen LogP contribution in [0.1, 0.15) is 44.9 Å². The van der Waals surface area contributed by atoms with Gasteiger partial charge >= 0.3 is 0 Å². The molecule has 0 saturated heterocycles. The molecule has 15 heavy (non-hydrogen) atoms. The Morgan fingerprint density at radius 3 is 1.53 bits per heavy atom. The predicted molar refractivity (Wildman–Crippen MR) is 61.2 cm³/mol. The lowest BCUT2D eigenvalue weighted by Crippen LogP contribution is -2.52. The Hall–Kier alpha value is -0.0400. The van der Waals surface area contributed by atoms with E-state index in [0.717, 1.165) is 35.5 Å². The van der Waals surface area contributed by atoms with Gasteiger partial charge in [-0.2, -0.15) is 0 Å². The Kier molecular flexibility index (Phi) is 1.81. The van der Waals surface area contributed by atoms with Gasteiger partial charge in [-0.3, -0.25) is 0 Å². The van der Waals surface area contributed by atoms with Gasteiger partial charge in [0.25, 0.3) is 0 Å². The van der Waals surface area contributed by atoms with Gasteiger partial charge in [-0.05, 0) is 80.5 Å². The minimum Gasteiger partial charge on any atom is -0.328 e. The number of rotatable bonds is 1. The van der Waals surface area contributed by atoms with Crippen LogP contribution < -0.4 is 5.73 Å². The van der Waals surface area contributed by atoms with E-state index in [2.05, 4.69) is 0 Å². The quantitative estimate of drug-likeness (QED) is 0.700. The van der Waals surface area contributed by atoms with Gasteiger partial charge in [-0.15, -0.1) is 0 Å². The topological polar surface area (TPSA) is 26.0 Å². The molecule has 5 aliphatic carbocycles. The summed E-state index contributed by atoms with van der Waals surface area (Å²) in [6, 6.07) is 0.562. The summed E-state index contributed by atoms with van der Waals surface area (Å²) in [4.78, 5) is 0. The van der Waals surface area contributed by atoms with Gasteiger partial charge in [0.05, 0.1) is 0 Å². The molecule has 5 rings (SSSR count). The predicted octanol–water partition coefficient (Wildman–Crippen LogP) is 2.80. The Labute approximate surface area is 92.8 Å². The minimum atomic E-state index is 0.562. The first-order valence-corrected chi connectivity index (χ1v) is 7.05. The van der Waals surface area contributed by atoms with Crippen LogP contribution in [-0.4, -0.2) is 6.04 Å². The third kappa shape index (κ3) is 1.25. The molecular weight excluding hydrogens is 182 g/mol. The molecule has 1 heteroatoms. The second-order valence-electron chi connectivity index (χ2n) is 7.00. The summed E-state index contributed by atoms with van der Waals surface area (Å²) < 4.78 is 0. The normalized spacial score (nSPS) is 61.8. The second-order valence-corrected chi connectivity index (χ2v) is 7.00. The second kappa shape index (κ2) is 3.00. The molecule has 5 fully saturated rings. The average Bonchev–Trinajstić information content (AvgIpc) is 2.13. The summed E-state index contributed by atoms with van der Waals surface area (Å²) in [5, 5.41) is 0. The van der Waals surface area contributed by atoms with Crippen LogP contribution in [0, 0.1) is 35.5 Å². The highest BCUT2D eigenvalue weighted by atomic mass is 14.7. The van der Waals surface area contributed by atoms with Crippen molar-refractivity contribution in [2.24, 2.45) is 41.2 Å². The fourth-order valence-corrected chi connectivity index (χ4v) is 5.76. The number of hydrogen-bond donors (Lipinski definition) is 1. The summed E-state index contributed by atoms with van der Waals surface area (Å²) in [7, 11) is 0. The van der Waals surface area contributed by atoms with Crippen LogP contribution >= 0.6 is 0 Å². The first kappa shape index (κ1) is 9.04. The molecule has 4 bridgehead atoms. The lowest BCUT2D eigenvalue weighted by molar-refractivity contribution is -0.0798. The fraction of sp³-hybridized carbons (Fsp3) is 1.00. The van der Waals surface area contributed by atoms with E-state index in [1.165, 1.54) is 12.8 Å². The smallest absolute Gasteiger partial charge is 0.00443 e. The van der Waals surface area contributed by atoms with E-state index in [0.29, 0.717) is 6.04 Å². The maximum Gasteiger partial charge on any atom is 0.00443 e. The molecule has 0 unspecified atom stereocenters. The van der Waals surface area contributed by atoms with Crippen molar-refractivity contribution in [3.63, 3.8) is 0 Å². The van der Waals surface area contributed by atoms with E-state index in [9.17, 15) is 0 Å². The summed E-state index contributed by atoms with van der Waals surface area (Å²) in [6.07, 6.45) is 10.6. The van der Waals surface area contributed by atoms with Crippen LogP contribution in [0.5, 0.6) is 0 Å². The molecule has 0 aromatic carbocycles. The third-order valence-electron chi connectivity index (χ3n) is 6.05. The Balaban J connectivity index is 1.55. The van der Waals surface area contributed by atoms with E-state index < -0.39 is 0 Å². The largest absolute Gasteiger partial charge is 0.328 e. The average molecular weight is 205 g/mol. The summed E-state index contributed by atoms with van der Waals surface area (Å²) in [5.74, 6) is 6.67. The molecule has 5 aliphatic rings. The third-order valence-corrected chi connectivity index (χ3v) is 6.05. The summed E-state index contributed by atoms with van der Waals surface area (Å²) >= 11 is 0. The van der Waals surface area contributed by atoms with Crippen molar-refractivity contribution in [2.45, 2.75) is 51.0 Å². The van der Waals surface area contributed by atoms with Crippen LogP contribution in [0.2, 0.25) is 0 Å². The van der Waals surface area contributed by atoms with Crippen molar-refractivity contribution in [3.8, 4) is 0 Å². The molecule has 84 valence electrons.